The summed E-state index contributed by atoms with van der Waals surface area (Å²) in [6.45, 7) is 2.62. The lowest BCUT2D eigenvalue weighted by atomic mass is 10.1. The van der Waals surface area contributed by atoms with Crippen molar-refractivity contribution in [3.63, 3.8) is 0 Å². The Labute approximate surface area is 136 Å². The smallest absolute Gasteiger partial charge is 0.251 e. The monoisotopic (exact) mass is 315 g/mol. The Morgan fingerprint density at radius 1 is 1.18 bits per heavy atom. The van der Waals surface area contributed by atoms with Crippen LogP contribution in [0.4, 0.5) is 0 Å². The van der Waals surface area contributed by atoms with Gasteiger partial charge in [0.2, 0.25) is 0 Å². The number of rotatable bonds is 7. The van der Waals surface area contributed by atoms with Crippen LogP contribution in [0.25, 0.3) is 0 Å². The maximum absolute atomic E-state index is 12.1. The summed E-state index contributed by atoms with van der Waals surface area (Å²) in [5, 5.41) is 2.94. The molecule has 0 heterocycles. The van der Waals surface area contributed by atoms with Crippen LogP contribution in [0.15, 0.2) is 48.5 Å². The molecule has 2 aromatic carbocycles. The van der Waals surface area contributed by atoms with Gasteiger partial charge in [-0.25, -0.2) is 0 Å². The van der Waals surface area contributed by atoms with Gasteiger partial charge < -0.3 is 10.1 Å². The van der Waals surface area contributed by atoms with Crippen LogP contribution >= 0.6 is 11.8 Å². The van der Waals surface area contributed by atoms with E-state index in [1.165, 1.54) is 5.56 Å². The summed E-state index contributed by atoms with van der Waals surface area (Å²) in [4.78, 5) is 12.1. The summed E-state index contributed by atoms with van der Waals surface area (Å²) < 4.78 is 5.24. The molecule has 0 aliphatic carbocycles. The quantitative estimate of drug-likeness (QED) is 0.792. The van der Waals surface area contributed by atoms with Crippen LogP contribution in [-0.2, 0) is 5.75 Å². The molecule has 0 spiro atoms. The molecule has 3 nitrogen and oxygen atoms in total. The second-order valence-electron chi connectivity index (χ2n) is 4.98. The van der Waals surface area contributed by atoms with Crippen LogP contribution in [0.2, 0.25) is 0 Å². The Kier molecular flexibility index (Phi) is 6.34. The van der Waals surface area contributed by atoms with E-state index in [0.29, 0.717) is 12.1 Å². The summed E-state index contributed by atoms with van der Waals surface area (Å²) >= 11 is 1.81. The second-order valence-corrected chi connectivity index (χ2v) is 6.08. The van der Waals surface area contributed by atoms with Gasteiger partial charge in [0.1, 0.15) is 5.75 Å². The molecule has 1 amide bonds. The van der Waals surface area contributed by atoms with Crippen molar-refractivity contribution >= 4 is 17.7 Å². The van der Waals surface area contributed by atoms with Gasteiger partial charge in [0, 0.05) is 23.6 Å². The SMILES string of the molecule is COc1cc(C(=O)NCCSCc2ccccc2)ccc1C. The zero-order chi connectivity index (χ0) is 15.8. The summed E-state index contributed by atoms with van der Waals surface area (Å²) in [6.07, 6.45) is 0. The molecule has 0 fully saturated rings. The van der Waals surface area contributed by atoms with E-state index < -0.39 is 0 Å². The molecule has 2 rings (SSSR count). The van der Waals surface area contributed by atoms with Crippen molar-refractivity contribution in [2.24, 2.45) is 0 Å². The first-order valence-electron chi connectivity index (χ1n) is 7.25. The summed E-state index contributed by atoms with van der Waals surface area (Å²) in [5.74, 6) is 2.54. The number of methoxy groups -OCH3 is 1. The molecule has 22 heavy (non-hydrogen) atoms. The van der Waals surface area contributed by atoms with Gasteiger partial charge in [-0.05, 0) is 30.2 Å². The van der Waals surface area contributed by atoms with Crippen molar-refractivity contribution in [2.75, 3.05) is 19.4 Å². The van der Waals surface area contributed by atoms with Gasteiger partial charge in [-0.15, -0.1) is 0 Å². The molecule has 116 valence electrons. The molecule has 2 aromatic rings. The number of nitrogens with one attached hydrogen (secondary N) is 1. The van der Waals surface area contributed by atoms with Gasteiger partial charge in [-0.2, -0.15) is 11.8 Å². The van der Waals surface area contributed by atoms with E-state index in [9.17, 15) is 4.79 Å². The molecule has 0 aliphatic heterocycles. The van der Waals surface area contributed by atoms with Crippen LogP contribution in [0.1, 0.15) is 21.5 Å². The highest BCUT2D eigenvalue weighted by Crippen LogP contribution is 2.18. The summed E-state index contributed by atoms with van der Waals surface area (Å²) in [5.41, 5.74) is 2.97. The first-order valence-corrected chi connectivity index (χ1v) is 8.40. The molecule has 0 atom stereocenters. The molecule has 0 aromatic heterocycles. The standard InChI is InChI=1S/C18H21NO2S/c1-14-8-9-16(12-17(14)21-2)18(20)19-10-11-22-13-15-6-4-3-5-7-15/h3-9,12H,10-11,13H2,1-2H3,(H,19,20). The number of hydrogen-bond donors (Lipinski definition) is 1. The van der Waals surface area contributed by atoms with Crippen LogP contribution in [0, 0.1) is 6.92 Å². The van der Waals surface area contributed by atoms with E-state index in [0.717, 1.165) is 22.8 Å². The van der Waals surface area contributed by atoms with Gasteiger partial charge in [0.15, 0.2) is 0 Å². The van der Waals surface area contributed by atoms with Crippen molar-refractivity contribution in [3.05, 3.63) is 65.2 Å². The first kappa shape index (κ1) is 16.4. The number of thioether (sulfide) groups is 1. The Balaban J connectivity index is 1.74. The highest BCUT2D eigenvalue weighted by molar-refractivity contribution is 7.98. The zero-order valence-electron chi connectivity index (χ0n) is 13.0. The highest BCUT2D eigenvalue weighted by atomic mass is 32.2. The lowest BCUT2D eigenvalue weighted by Gasteiger charge is -2.08. The van der Waals surface area contributed by atoms with Gasteiger partial charge in [-0.3, -0.25) is 4.79 Å². The van der Waals surface area contributed by atoms with Crippen molar-refractivity contribution in [3.8, 4) is 5.75 Å². The predicted octanol–water partition coefficient (Wildman–Crippen LogP) is 3.67. The van der Waals surface area contributed by atoms with Crippen LogP contribution < -0.4 is 10.1 Å². The number of aryl methyl sites for hydroxylation is 1. The van der Waals surface area contributed by atoms with E-state index in [2.05, 4.69) is 17.4 Å². The Hall–Kier alpha value is -1.94. The molecule has 0 aliphatic rings. The third kappa shape index (κ3) is 4.81. The van der Waals surface area contributed by atoms with E-state index in [-0.39, 0.29) is 5.91 Å². The molecule has 0 unspecified atom stereocenters. The minimum atomic E-state index is -0.0568. The second kappa shape index (κ2) is 8.49. The van der Waals surface area contributed by atoms with Gasteiger partial charge in [0.05, 0.1) is 7.11 Å². The maximum atomic E-state index is 12.1. The maximum Gasteiger partial charge on any atom is 0.251 e. The van der Waals surface area contributed by atoms with Gasteiger partial charge in [0.25, 0.3) is 5.91 Å². The molecule has 0 saturated carbocycles. The lowest BCUT2D eigenvalue weighted by Crippen LogP contribution is -2.25. The van der Waals surface area contributed by atoms with Crippen molar-refractivity contribution in [1.29, 1.82) is 0 Å². The zero-order valence-corrected chi connectivity index (χ0v) is 13.8. The fourth-order valence-corrected chi connectivity index (χ4v) is 2.88. The third-order valence-corrected chi connectivity index (χ3v) is 4.34. The Morgan fingerprint density at radius 2 is 1.95 bits per heavy atom. The van der Waals surface area contributed by atoms with E-state index in [1.807, 2.05) is 49.0 Å². The normalized spacial score (nSPS) is 10.3. The fraction of sp³-hybridized carbons (Fsp3) is 0.278. The van der Waals surface area contributed by atoms with E-state index in [1.54, 1.807) is 13.2 Å². The molecular weight excluding hydrogens is 294 g/mol. The third-order valence-electron chi connectivity index (χ3n) is 3.31. The largest absolute Gasteiger partial charge is 0.496 e. The Morgan fingerprint density at radius 3 is 2.68 bits per heavy atom. The number of hydrogen-bond acceptors (Lipinski definition) is 3. The Bertz CT molecular complexity index is 614. The molecule has 4 heteroatoms. The average molecular weight is 315 g/mol. The van der Waals surface area contributed by atoms with E-state index in [4.69, 9.17) is 4.74 Å². The topological polar surface area (TPSA) is 38.3 Å². The number of amides is 1. The van der Waals surface area contributed by atoms with Gasteiger partial charge >= 0.3 is 0 Å². The van der Waals surface area contributed by atoms with Crippen LogP contribution in [0.3, 0.4) is 0 Å². The minimum absolute atomic E-state index is 0.0568. The minimum Gasteiger partial charge on any atom is -0.496 e. The van der Waals surface area contributed by atoms with Gasteiger partial charge in [-0.1, -0.05) is 36.4 Å². The highest BCUT2D eigenvalue weighted by Gasteiger charge is 2.07. The van der Waals surface area contributed by atoms with Crippen molar-refractivity contribution in [2.45, 2.75) is 12.7 Å². The lowest BCUT2D eigenvalue weighted by molar-refractivity contribution is 0.0956. The number of carbonyl (C=O) groups excluding carboxylic acids is 1. The summed E-state index contributed by atoms with van der Waals surface area (Å²) in [6, 6.07) is 15.8. The predicted molar refractivity (Wildman–Crippen MR) is 92.7 cm³/mol. The fourth-order valence-electron chi connectivity index (χ4n) is 2.06. The van der Waals surface area contributed by atoms with Crippen molar-refractivity contribution in [1.82, 2.24) is 5.32 Å². The van der Waals surface area contributed by atoms with E-state index >= 15 is 0 Å². The first-order chi connectivity index (χ1) is 10.7. The number of benzene rings is 2. The summed E-state index contributed by atoms with van der Waals surface area (Å²) in [7, 11) is 1.62. The molecule has 0 saturated heterocycles. The molecule has 0 bridgehead atoms. The number of ether oxygens (including phenoxy) is 1. The average Bonchev–Trinajstić information content (AvgIpc) is 2.55. The molecule has 1 N–H and O–H groups in total. The van der Waals surface area contributed by atoms with Crippen LogP contribution in [0.5, 0.6) is 5.75 Å². The van der Waals surface area contributed by atoms with Crippen LogP contribution in [-0.4, -0.2) is 25.3 Å². The molecular formula is C18H21NO2S. The molecule has 0 radical (unpaired) electrons. The number of carbonyl (C=O) groups is 1. The van der Waals surface area contributed by atoms with Crippen molar-refractivity contribution < 1.29 is 9.53 Å².